The van der Waals surface area contributed by atoms with Crippen molar-refractivity contribution in [1.29, 1.82) is 0 Å². The van der Waals surface area contributed by atoms with E-state index < -0.39 is 0 Å². The quantitative estimate of drug-likeness (QED) is 0.643. The summed E-state index contributed by atoms with van der Waals surface area (Å²) < 4.78 is 0. The minimum atomic E-state index is 0.634. The monoisotopic (exact) mass is 374 g/mol. The maximum absolute atomic E-state index is 5.36. The molecule has 0 bridgehead atoms. The molecule has 0 saturated carbocycles. The summed E-state index contributed by atoms with van der Waals surface area (Å²) in [5.74, 6) is 0.877. The molecule has 0 aromatic heterocycles. The molecule has 5 rings (SSSR count). The van der Waals surface area contributed by atoms with Crippen LogP contribution in [0.25, 0.3) is 10.8 Å². The zero-order valence-corrected chi connectivity index (χ0v) is 16.1. The molecular formula is C24H26N2O2. The van der Waals surface area contributed by atoms with E-state index in [1.807, 2.05) is 6.07 Å². The van der Waals surface area contributed by atoms with Crippen LogP contribution in [0.5, 0.6) is 5.75 Å². The maximum atomic E-state index is 5.36. The summed E-state index contributed by atoms with van der Waals surface area (Å²) in [4.78, 5) is 15.6. The van der Waals surface area contributed by atoms with Crippen molar-refractivity contribution in [3.63, 3.8) is 0 Å². The van der Waals surface area contributed by atoms with Gasteiger partial charge in [-0.1, -0.05) is 48.5 Å². The first kappa shape index (κ1) is 17.5. The summed E-state index contributed by atoms with van der Waals surface area (Å²) in [6.45, 7) is 6.08. The fraction of sp³-hybridized carbons (Fsp3) is 0.333. The lowest BCUT2D eigenvalue weighted by atomic mass is 10.0. The lowest BCUT2D eigenvalue weighted by Gasteiger charge is -2.37. The Balaban J connectivity index is 1.22. The van der Waals surface area contributed by atoms with Crippen molar-refractivity contribution in [3.05, 3.63) is 71.8 Å². The Morgan fingerprint density at radius 3 is 2.57 bits per heavy atom. The van der Waals surface area contributed by atoms with E-state index in [1.54, 1.807) is 0 Å². The highest BCUT2D eigenvalue weighted by molar-refractivity contribution is 5.85. The minimum absolute atomic E-state index is 0.634. The van der Waals surface area contributed by atoms with Crippen molar-refractivity contribution in [1.82, 2.24) is 4.90 Å². The van der Waals surface area contributed by atoms with E-state index in [0.717, 1.165) is 51.3 Å². The van der Waals surface area contributed by atoms with Crippen molar-refractivity contribution in [3.8, 4) is 5.75 Å². The first-order valence-electron chi connectivity index (χ1n) is 10.2. The predicted octanol–water partition coefficient (Wildman–Crippen LogP) is 4.07. The van der Waals surface area contributed by atoms with Gasteiger partial charge in [0.05, 0.1) is 6.61 Å². The van der Waals surface area contributed by atoms with E-state index in [9.17, 15) is 0 Å². The first-order chi connectivity index (χ1) is 13.9. The average Bonchev–Trinajstić information content (AvgIpc) is 2.78. The smallest absolute Gasteiger partial charge is 0.170 e. The second-order valence-corrected chi connectivity index (χ2v) is 7.63. The van der Waals surface area contributed by atoms with Crippen LogP contribution in [-0.4, -0.2) is 44.2 Å². The van der Waals surface area contributed by atoms with Crippen LogP contribution in [0.3, 0.4) is 0 Å². The minimum Gasteiger partial charge on any atom is -0.369 e. The van der Waals surface area contributed by atoms with Gasteiger partial charge in [-0.25, -0.2) is 0 Å². The van der Waals surface area contributed by atoms with Gasteiger partial charge in [0.25, 0.3) is 0 Å². The van der Waals surface area contributed by atoms with Crippen molar-refractivity contribution in [2.24, 2.45) is 0 Å². The van der Waals surface area contributed by atoms with Crippen LogP contribution in [0.4, 0.5) is 5.69 Å². The molecule has 2 aliphatic rings. The highest BCUT2D eigenvalue weighted by Gasteiger charge is 2.22. The van der Waals surface area contributed by atoms with Crippen molar-refractivity contribution in [2.45, 2.75) is 12.8 Å². The Morgan fingerprint density at radius 1 is 0.821 bits per heavy atom. The second kappa shape index (κ2) is 7.82. The molecule has 0 radical (unpaired) electrons. The molecule has 3 aromatic carbocycles. The van der Waals surface area contributed by atoms with Gasteiger partial charge >= 0.3 is 0 Å². The summed E-state index contributed by atoms with van der Waals surface area (Å²) in [6, 6.07) is 21.6. The molecule has 0 atom stereocenters. The molecule has 144 valence electrons. The predicted molar refractivity (Wildman–Crippen MR) is 113 cm³/mol. The Labute approximate surface area is 166 Å². The Kier molecular flexibility index (Phi) is 4.90. The second-order valence-electron chi connectivity index (χ2n) is 7.63. The number of benzene rings is 3. The lowest BCUT2D eigenvalue weighted by Crippen LogP contribution is -2.47. The first-order valence-corrected chi connectivity index (χ1v) is 10.2. The van der Waals surface area contributed by atoms with Gasteiger partial charge in [0.2, 0.25) is 0 Å². The number of hydrogen-bond acceptors (Lipinski definition) is 4. The highest BCUT2D eigenvalue weighted by Crippen LogP contribution is 2.33. The average molecular weight is 374 g/mol. The molecule has 3 aromatic rings. The van der Waals surface area contributed by atoms with Gasteiger partial charge in [0.1, 0.15) is 0 Å². The van der Waals surface area contributed by atoms with E-state index in [1.165, 1.54) is 27.6 Å². The fourth-order valence-electron chi connectivity index (χ4n) is 4.43. The van der Waals surface area contributed by atoms with Gasteiger partial charge in [0, 0.05) is 50.4 Å². The molecule has 4 heteroatoms. The zero-order chi connectivity index (χ0) is 18.8. The van der Waals surface area contributed by atoms with Crippen LogP contribution >= 0.6 is 0 Å². The van der Waals surface area contributed by atoms with E-state index in [-0.39, 0.29) is 0 Å². The molecule has 2 heterocycles. The van der Waals surface area contributed by atoms with E-state index in [0.29, 0.717) is 6.61 Å². The summed E-state index contributed by atoms with van der Waals surface area (Å²) >= 11 is 0. The third-order valence-electron chi connectivity index (χ3n) is 5.98. The van der Waals surface area contributed by atoms with Crippen LogP contribution < -0.4 is 9.79 Å². The van der Waals surface area contributed by atoms with Gasteiger partial charge in [-0.2, -0.15) is 4.89 Å². The third-order valence-corrected chi connectivity index (χ3v) is 5.98. The maximum Gasteiger partial charge on any atom is 0.170 e. The third kappa shape index (κ3) is 3.46. The number of piperazine rings is 1. The molecule has 0 N–H and O–H groups in total. The van der Waals surface area contributed by atoms with Gasteiger partial charge in [0.15, 0.2) is 5.75 Å². The summed E-state index contributed by atoms with van der Waals surface area (Å²) in [7, 11) is 0. The molecule has 0 aliphatic carbocycles. The molecule has 0 spiro atoms. The molecule has 1 saturated heterocycles. The van der Waals surface area contributed by atoms with Gasteiger partial charge < -0.3 is 9.79 Å². The fourth-order valence-corrected chi connectivity index (χ4v) is 4.43. The summed E-state index contributed by atoms with van der Waals surface area (Å²) in [5.41, 5.74) is 4.06. The van der Waals surface area contributed by atoms with Gasteiger partial charge in [-0.15, -0.1) is 0 Å². The Morgan fingerprint density at radius 2 is 1.64 bits per heavy atom. The van der Waals surface area contributed by atoms with Crippen LogP contribution in [0.15, 0.2) is 60.7 Å². The van der Waals surface area contributed by atoms with Gasteiger partial charge in [-0.3, -0.25) is 4.90 Å². The van der Waals surface area contributed by atoms with Crippen LogP contribution in [-0.2, 0) is 17.7 Å². The zero-order valence-electron chi connectivity index (χ0n) is 16.1. The highest BCUT2D eigenvalue weighted by atomic mass is 17.2. The topological polar surface area (TPSA) is 24.9 Å². The number of anilines is 1. The van der Waals surface area contributed by atoms with Crippen molar-refractivity contribution in [2.75, 3.05) is 44.2 Å². The van der Waals surface area contributed by atoms with Crippen LogP contribution in [0.1, 0.15) is 11.1 Å². The van der Waals surface area contributed by atoms with Gasteiger partial charge in [-0.05, 0) is 34.9 Å². The number of hydrogen-bond donors (Lipinski definition) is 0. The van der Waals surface area contributed by atoms with Crippen molar-refractivity contribution < 1.29 is 9.78 Å². The summed E-state index contributed by atoms with van der Waals surface area (Å²) in [6.07, 6.45) is 2.03. The molecule has 4 nitrogen and oxygen atoms in total. The number of fused-ring (bicyclic) bond motifs is 2. The molecule has 2 aliphatic heterocycles. The van der Waals surface area contributed by atoms with E-state index >= 15 is 0 Å². The number of rotatable bonds is 4. The molecular weight excluding hydrogens is 348 g/mol. The van der Waals surface area contributed by atoms with E-state index in [2.05, 4.69) is 64.4 Å². The molecule has 28 heavy (non-hydrogen) atoms. The van der Waals surface area contributed by atoms with Crippen molar-refractivity contribution >= 4 is 16.5 Å². The normalized spacial score (nSPS) is 17.4. The van der Waals surface area contributed by atoms with E-state index in [4.69, 9.17) is 9.78 Å². The summed E-state index contributed by atoms with van der Waals surface area (Å²) in [5, 5.41) is 2.73. The number of nitrogens with zero attached hydrogens (tertiary/aromatic N) is 2. The SMILES string of the molecule is c1cc2c(c(N3CCN(CCc4cccc5ccccc45)CC3)c1)CCOO2. The molecule has 0 unspecified atom stereocenters. The lowest BCUT2D eigenvalue weighted by molar-refractivity contribution is -0.215. The molecule has 0 amide bonds. The van der Waals surface area contributed by atoms with Crippen LogP contribution in [0.2, 0.25) is 0 Å². The Hall–Kier alpha value is -2.56. The Bertz CT molecular complexity index is 958. The standard InChI is InChI=1S/C24H26N2O2/c1-2-8-21-19(5-1)6-3-7-20(21)11-13-25-14-16-26(17-15-25)23-9-4-10-24-22(23)12-18-27-28-24/h1-10H,11-18H2. The largest absolute Gasteiger partial charge is 0.369 e. The van der Waals surface area contributed by atoms with Crippen LogP contribution in [0, 0.1) is 0 Å². The molecule has 1 fully saturated rings.